The molecule has 0 aromatic heterocycles. The molecule has 3 rings (SSSR count). The van der Waals surface area contributed by atoms with E-state index in [-0.39, 0.29) is 6.10 Å². The summed E-state index contributed by atoms with van der Waals surface area (Å²) >= 11 is 0. The highest BCUT2D eigenvalue weighted by molar-refractivity contribution is 5.01. The predicted molar refractivity (Wildman–Crippen MR) is 79.2 cm³/mol. The molecule has 1 spiro atoms. The number of hydrogen-bond donors (Lipinski definition) is 1. The number of hydrogen-bond acceptors (Lipinski definition) is 2. The van der Waals surface area contributed by atoms with Crippen molar-refractivity contribution in [3.8, 4) is 0 Å². The molecule has 110 valence electrons. The zero-order valence-electron chi connectivity index (χ0n) is 12.6. The van der Waals surface area contributed by atoms with Crippen molar-refractivity contribution in [2.75, 3.05) is 6.54 Å². The first kappa shape index (κ1) is 13.9. The van der Waals surface area contributed by atoms with Gasteiger partial charge in [-0.3, -0.25) is 4.90 Å². The van der Waals surface area contributed by atoms with Gasteiger partial charge in [-0.25, -0.2) is 0 Å². The second kappa shape index (κ2) is 5.73. The van der Waals surface area contributed by atoms with Crippen LogP contribution in [0.4, 0.5) is 0 Å². The fourth-order valence-corrected chi connectivity index (χ4v) is 5.36. The van der Waals surface area contributed by atoms with E-state index in [2.05, 4.69) is 11.8 Å². The molecule has 0 amide bonds. The fraction of sp³-hybridized carbons (Fsp3) is 1.00. The second-order valence-electron chi connectivity index (χ2n) is 7.28. The van der Waals surface area contributed by atoms with Crippen LogP contribution in [0.15, 0.2) is 0 Å². The summed E-state index contributed by atoms with van der Waals surface area (Å²) in [4.78, 5) is 2.81. The highest BCUT2D eigenvalue weighted by Crippen LogP contribution is 2.51. The minimum Gasteiger partial charge on any atom is -0.393 e. The van der Waals surface area contributed by atoms with Gasteiger partial charge in [-0.15, -0.1) is 0 Å². The third-order valence-electron chi connectivity index (χ3n) is 6.34. The van der Waals surface area contributed by atoms with E-state index in [4.69, 9.17) is 0 Å². The van der Waals surface area contributed by atoms with E-state index in [1.54, 1.807) is 0 Å². The average molecular weight is 265 g/mol. The number of aliphatic hydroxyl groups excluding tert-OH is 1. The summed E-state index contributed by atoms with van der Waals surface area (Å²) in [7, 11) is 0. The summed E-state index contributed by atoms with van der Waals surface area (Å²) in [5.41, 5.74) is 0.567. The van der Waals surface area contributed by atoms with E-state index in [1.165, 1.54) is 64.3 Å². The molecule has 0 radical (unpaired) electrons. The summed E-state index contributed by atoms with van der Waals surface area (Å²) in [6.45, 7) is 3.52. The molecule has 2 heteroatoms. The van der Waals surface area contributed by atoms with Crippen LogP contribution < -0.4 is 0 Å². The Morgan fingerprint density at radius 3 is 2.32 bits per heavy atom. The van der Waals surface area contributed by atoms with Crippen LogP contribution in [0.25, 0.3) is 0 Å². The Kier molecular flexibility index (Phi) is 4.19. The first-order valence-electron chi connectivity index (χ1n) is 8.69. The van der Waals surface area contributed by atoms with Crippen molar-refractivity contribution in [1.82, 2.24) is 4.90 Å². The first-order chi connectivity index (χ1) is 9.25. The lowest BCUT2D eigenvalue weighted by Crippen LogP contribution is -2.54. The van der Waals surface area contributed by atoms with E-state index in [0.29, 0.717) is 11.5 Å². The van der Waals surface area contributed by atoms with Crippen LogP contribution in [0.2, 0.25) is 0 Å². The van der Waals surface area contributed by atoms with Gasteiger partial charge in [0.05, 0.1) is 6.10 Å². The van der Waals surface area contributed by atoms with Gasteiger partial charge in [0.1, 0.15) is 0 Å². The van der Waals surface area contributed by atoms with Crippen LogP contribution >= 0.6 is 0 Å². The van der Waals surface area contributed by atoms with Gasteiger partial charge in [-0.1, -0.05) is 32.6 Å². The second-order valence-corrected chi connectivity index (χ2v) is 7.28. The molecule has 0 aliphatic heterocycles. The van der Waals surface area contributed by atoms with Gasteiger partial charge in [0, 0.05) is 12.1 Å². The molecule has 3 aliphatic rings. The topological polar surface area (TPSA) is 23.5 Å². The SMILES string of the molecule is CCN(C1CCCC1)C1CC(O)CCC12CCCC2. The Hall–Kier alpha value is -0.0800. The molecule has 3 fully saturated rings. The lowest BCUT2D eigenvalue weighted by molar-refractivity contribution is -0.0404. The summed E-state index contributed by atoms with van der Waals surface area (Å²) in [5.74, 6) is 0. The van der Waals surface area contributed by atoms with Crippen molar-refractivity contribution in [3.63, 3.8) is 0 Å². The summed E-state index contributed by atoms with van der Waals surface area (Å²) in [6.07, 6.45) is 14.7. The normalized spacial score (nSPS) is 35.5. The average Bonchev–Trinajstić information content (AvgIpc) is 3.07. The van der Waals surface area contributed by atoms with Gasteiger partial charge in [0.25, 0.3) is 0 Å². The molecule has 3 aliphatic carbocycles. The molecule has 0 bridgehead atoms. The van der Waals surface area contributed by atoms with Crippen LogP contribution in [0.5, 0.6) is 0 Å². The Morgan fingerprint density at radius 2 is 1.68 bits per heavy atom. The molecular weight excluding hydrogens is 234 g/mol. The van der Waals surface area contributed by atoms with Crippen molar-refractivity contribution in [1.29, 1.82) is 0 Å². The molecule has 2 atom stereocenters. The maximum Gasteiger partial charge on any atom is 0.0555 e. The van der Waals surface area contributed by atoms with Gasteiger partial charge >= 0.3 is 0 Å². The van der Waals surface area contributed by atoms with E-state index < -0.39 is 0 Å². The van der Waals surface area contributed by atoms with Crippen LogP contribution in [0.3, 0.4) is 0 Å². The van der Waals surface area contributed by atoms with E-state index >= 15 is 0 Å². The molecule has 19 heavy (non-hydrogen) atoms. The summed E-state index contributed by atoms with van der Waals surface area (Å²) in [6, 6.07) is 1.49. The minimum atomic E-state index is -0.0355. The summed E-state index contributed by atoms with van der Waals surface area (Å²) < 4.78 is 0. The first-order valence-corrected chi connectivity index (χ1v) is 8.69. The Labute approximate surface area is 118 Å². The van der Waals surface area contributed by atoms with E-state index in [0.717, 1.165) is 18.9 Å². The quantitative estimate of drug-likeness (QED) is 0.840. The maximum absolute atomic E-state index is 10.2. The van der Waals surface area contributed by atoms with Gasteiger partial charge < -0.3 is 5.11 Å². The summed E-state index contributed by atoms with van der Waals surface area (Å²) in [5, 5.41) is 10.2. The maximum atomic E-state index is 10.2. The third kappa shape index (κ3) is 2.58. The number of rotatable bonds is 3. The minimum absolute atomic E-state index is 0.0355. The molecule has 0 aromatic rings. The Morgan fingerprint density at radius 1 is 1.00 bits per heavy atom. The molecule has 1 N–H and O–H groups in total. The monoisotopic (exact) mass is 265 g/mol. The molecule has 0 saturated heterocycles. The Balaban J connectivity index is 1.80. The van der Waals surface area contributed by atoms with Crippen molar-refractivity contribution in [2.24, 2.45) is 5.41 Å². The number of nitrogens with zero attached hydrogens (tertiary/aromatic N) is 1. The van der Waals surface area contributed by atoms with Crippen molar-refractivity contribution >= 4 is 0 Å². The smallest absolute Gasteiger partial charge is 0.0555 e. The van der Waals surface area contributed by atoms with Crippen LogP contribution in [0, 0.1) is 5.41 Å². The standard InChI is InChI=1S/C17H31NO/c1-2-18(14-7-3-4-8-14)16-13-15(19)9-12-17(16)10-5-6-11-17/h14-16,19H,2-13H2,1H3. The third-order valence-corrected chi connectivity index (χ3v) is 6.34. The zero-order valence-corrected chi connectivity index (χ0v) is 12.6. The lowest BCUT2D eigenvalue weighted by atomic mass is 9.67. The highest BCUT2D eigenvalue weighted by atomic mass is 16.3. The van der Waals surface area contributed by atoms with Gasteiger partial charge in [0.2, 0.25) is 0 Å². The molecule has 2 unspecified atom stereocenters. The molecule has 0 heterocycles. The molecule has 2 nitrogen and oxygen atoms in total. The van der Waals surface area contributed by atoms with Crippen LogP contribution in [-0.4, -0.2) is 34.7 Å². The van der Waals surface area contributed by atoms with E-state index in [9.17, 15) is 5.11 Å². The van der Waals surface area contributed by atoms with Crippen molar-refractivity contribution < 1.29 is 5.11 Å². The number of aliphatic hydroxyl groups is 1. The molecular formula is C17H31NO. The highest BCUT2D eigenvalue weighted by Gasteiger charge is 2.48. The van der Waals surface area contributed by atoms with Gasteiger partial charge in [0.15, 0.2) is 0 Å². The molecule has 3 saturated carbocycles. The largest absolute Gasteiger partial charge is 0.393 e. The zero-order chi connectivity index (χ0) is 13.3. The van der Waals surface area contributed by atoms with Crippen molar-refractivity contribution in [3.05, 3.63) is 0 Å². The Bertz CT molecular complexity index is 292. The van der Waals surface area contributed by atoms with E-state index in [1.807, 2.05) is 0 Å². The van der Waals surface area contributed by atoms with Gasteiger partial charge in [-0.05, 0) is 56.9 Å². The van der Waals surface area contributed by atoms with Crippen LogP contribution in [-0.2, 0) is 0 Å². The fourth-order valence-electron chi connectivity index (χ4n) is 5.36. The lowest BCUT2D eigenvalue weighted by Gasteiger charge is -2.50. The van der Waals surface area contributed by atoms with Gasteiger partial charge in [-0.2, -0.15) is 0 Å². The van der Waals surface area contributed by atoms with Crippen LogP contribution in [0.1, 0.15) is 77.6 Å². The van der Waals surface area contributed by atoms with Crippen molar-refractivity contribution in [2.45, 2.75) is 95.7 Å². The molecule has 0 aromatic carbocycles. The predicted octanol–water partition coefficient (Wildman–Crippen LogP) is 3.72.